The molecule has 10 heteroatoms. The first-order chi connectivity index (χ1) is 15.5. The Morgan fingerprint density at radius 1 is 1.25 bits per heavy atom. The third kappa shape index (κ3) is 3.80. The van der Waals surface area contributed by atoms with Gasteiger partial charge in [-0.05, 0) is 42.7 Å². The molecule has 7 nitrogen and oxygen atoms in total. The molecular formula is C22H18ClN5O2S2. The van der Waals surface area contributed by atoms with E-state index in [0.29, 0.717) is 27.0 Å². The molecule has 1 aliphatic heterocycles. The molecule has 2 aromatic heterocycles. The lowest BCUT2D eigenvalue weighted by Crippen LogP contribution is -2.27. The zero-order valence-electron chi connectivity index (χ0n) is 17.0. The summed E-state index contributed by atoms with van der Waals surface area (Å²) >= 11 is 9.03. The normalized spacial score (nSPS) is 15.1. The van der Waals surface area contributed by atoms with Crippen LogP contribution in [0.4, 0.5) is 5.69 Å². The van der Waals surface area contributed by atoms with Crippen molar-refractivity contribution in [1.29, 1.82) is 0 Å². The molecule has 0 saturated heterocycles. The van der Waals surface area contributed by atoms with Crippen LogP contribution >= 0.6 is 35.1 Å². The molecule has 3 heterocycles. The van der Waals surface area contributed by atoms with Crippen LogP contribution in [0.2, 0.25) is 5.02 Å². The van der Waals surface area contributed by atoms with E-state index in [-0.39, 0.29) is 23.9 Å². The molecule has 1 N–H and O–H groups in total. The summed E-state index contributed by atoms with van der Waals surface area (Å²) in [5.74, 6) is 0.481. The molecule has 1 atom stereocenters. The molecule has 0 fully saturated rings. The van der Waals surface area contributed by atoms with E-state index in [9.17, 15) is 9.59 Å². The molecule has 1 unspecified atom stereocenters. The quantitative estimate of drug-likeness (QED) is 0.329. The third-order valence-corrected chi connectivity index (χ3v) is 7.39. The summed E-state index contributed by atoms with van der Waals surface area (Å²) in [5, 5.41) is 8.98. The van der Waals surface area contributed by atoms with Crippen LogP contribution in [0, 0.1) is 0 Å². The van der Waals surface area contributed by atoms with E-state index in [0.717, 1.165) is 16.3 Å². The van der Waals surface area contributed by atoms with Crippen molar-refractivity contribution in [2.75, 3.05) is 17.3 Å². The van der Waals surface area contributed by atoms with Crippen molar-refractivity contribution in [1.82, 2.24) is 19.3 Å². The number of hydrogen-bond donors (Lipinski definition) is 1. The molecule has 2 aromatic carbocycles. The molecule has 0 aliphatic carbocycles. The third-order valence-electron chi connectivity index (χ3n) is 5.24. The van der Waals surface area contributed by atoms with E-state index < -0.39 is 0 Å². The van der Waals surface area contributed by atoms with Crippen molar-refractivity contribution in [2.24, 2.45) is 0 Å². The highest BCUT2D eigenvalue weighted by Gasteiger charge is 2.29. The first-order valence-electron chi connectivity index (χ1n) is 9.87. The van der Waals surface area contributed by atoms with E-state index >= 15 is 0 Å². The van der Waals surface area contributed by atoms with Gasteiger partial charge in [-0.2, -0.15) is 5.10 Å². The predicted octanol–water partition coefficient (Wildman–Crippen LogP) is 4.63. The molecule has 5 rings (SSSR count). The molecule has 0 spiro atoms. The number of rotatable bonds is 5. The summed E-state index contributed by atoms with van der Waals surface area (Å²) in [7, 11) is 0. The van der Waals surface area contributed by atoms with Crippen LogP contribution in [-0.2, 0) is 4.79 Å². The Hall–Kier alpha value is -2.75. The number of nitrogens with zero attached hydrogens (tertiary/aromatic N) is 4. The number of anilines is 1. The van der Waals surface area contributed by atoms with E-state index in [1.807, 2.05) is 42.7 Å². The Bertz CT molecular complexity index is 1380. The lowest BCUT2D eigenvalue weighted by atomic mass is 10.2. The largest absolute Gasteiger partial charge is 0.325 e. The molecule has 0 radical (unpaired) electrons. The van der Waals surface area contributed by atoms with Gasteiger partial charge in [-0.15, -0.1) is 11.8 Å². The standard InChI is InChI=1S/C22H18ClN5O2S2/c1-31-18-5-3-2-4-17(18)25-19(29)10-15-12-32-22-26-20-16(21(30)27(15)22)11-24-28(20)14-8-6-13(23)7-9-14/h2-9,11,15H,10,12H2,1H3,(H,25,29). The highest BCUT2D eigenvalue weighted by atomic mass is 35.5. The summed E-state index contributed by atoms with van der Waals surface area (Å²) in [5.41, 5.74) is 1.86. The minimum Gasteiger partial charge on any atom is -0.325 e. The lowest BCUT2D eigenvalue weighted by molar-refractivity contribution is -0.116. The molecule has 1 aliphatic rings. The van der Waals surface area contributed by atoms with Gasteiger partial charge in [0.05, 0.1) is 23.6 Å². The Kier molecular flexibility index (Phi) is 5.71. The van der Waals surface area contributed by atoms with Gasteiger partial charge in [0.15, 0.2) is 10.8 Å². The van der Waals surface area contributed by atoms with Gasteiger partial charge in [0.2, 0.25) is 5.91 Å². The van der Waals surface area contributed by atoms with Crippen molar-refractivity contribution in [2.45, 2.75) is 22.5 Å². The molecule has 4 aromatic rings. The summed E-state index contributed by atoms with van der Waals surface area (Å²) in [4.78, 5) is 31.7. The number of thioether (sulfide) groups is 2. The summed E-state index contributed by atoms with van der Waals surface area (Å²) < 4.78 is 3.26. The average molecular weight is 484 g/mol. The number of nitrogens with one attached hydrogen (secondary N) is 1. The Morgan fingerprint density at radius 3 is 2.81 bits per heavy atom. The number of halogens is 1. The first kappa shape index (κ1) is 21.1. The topological polar surface area (TPSA) is 81.8 Å². The molecule has 162 valence electrons. The SMILES string of the molecule is CSc1ccccc1NC(=O)CC1CSc2nc3c(cnn3-c3ccc(Cl)cc3)c(=O)n21. The Labute approximate surface area is 197 Å². The summed E-state index contributed by atoms with van der Waals surface area (Å²) in [6, 6.07) is 14.6. The molecule has 1 amide bonds. The smallest absolute Gasteiger partial charge is 0.265 e. The molecule has 0 bridgehead atoms. The van der Waals surface area contributed by atoms with Gasteiger partial charge in [-0.25, -0.2) is 9.67 Å². The number of carbonyl (C=O) groups excluding carboxylic acids is 1. The fourth-order valence-corrected chi connectivity index (χ4v) is 5.53. The minimum atomic E-state index is -0.264. The van der Waals surface area contributed by atoms with Gasteiger partial charge in [-0.3, -0.25) is 14.2 Å². The fraction of sp³-hybridized carbons (Fsp3) is 0.182. The average Bonchev–Trinajstić information content (AvgIpc) is 3.40. The van der Waals surface area contributed by atoms with E-state index in [1.165, 1.54) is 18.0 Å². The number of aromatic nitrogens is 4. The van der Waals surface area contributed by atoms with Gasteiger partial charge in [0.25, 0.3) is 5.56 Å². The van der Waals surface area contributed by atoms with Crippen molar-refractivity contribution >= 4 is 57.8 Å². The monoisotopic (exact) mass is 483 g/mol. The van der Waals surface area contributed by atoms with Crippen molar-refractivity contribution in [3.05, 3.63) is 70.1 Å². The van der Waals surface area contributed by atoms with Crippen LogP contribution in [0.1, 0.15) is 12.5 Å². The number of para-hydroxylation sites is 1. The van der Waals surface area contributed by atoms with Crippen LogP contribution in [0.3, 0.4) is 0 Å². The van der Waals surface area contributed by atoms with Gasteiger partial charge in [-0.1, -0.05) is 35.5 Å². The maximum absolute atomic E-state index is 13.3. The molecule has 32 heavy (non-hydrogen) atoms. The van der Waals surface area contributed by atoms with E-state index in [4.69, 9.17) is 16.6 Å². The number of amides is 1. The second-order valence-electron chi connectivity index (χ2n) is 7.26. The molecule has 0 saturated carbocycles. The Balaban J connectivity index is 1.44. The van der Waals surface area contributed by atoms with Gasteiger partial charge < -0.3 is 5.32 Å². The zero-order chi connectivity index (χ0) is 22.2. The number of benzene rings is 2. The summed E-state index contributed by atoms with van der Waals surface area (Å²) in [6.45, 7) is 0. The van der Waals surface area contributed by atoms with Gasteiger partial charge in [0.1, 0.15) is 5.39 Å². The second-order valence-corrected chi connectivity index (χ2v) is 9.53. The van der Waals surface area contributed by atoms with Crippen LogP contribution < -0.4 is 10.9 Å². The minimum absolute atomic E-state index is 0.131. The Morgan fingerprint density at radius 2 is 2.03 bits per heavy atom. The van der Waals surface area contributed by atoms with Crippen LogP contribution in [0.5, 0.6) is 0 Å². The highest BCUT2D eigenvalue weighted by molar-refractivity contribution is 7.99. The lowest BCUT2D eigenvalue weighted by Gasteiger charge is -2.14. The van der Waals surface area contributed by atoms with E-state index in [2.05, 4.69) is 10.4 Å². The van der Waals surface area contributed by atoms with Gasteiger partial charge in [0, 0.05) is 22.1 Å². The number of hydrogen-bond acceptors (Lipinski definition) is 6. The van der Waals surface area contributed by atoms with Crippen LogP contribution in [0.15, 0.2) is 69.6 Å². The maximum atomic E-state index is 13.3. The van der Waals surface area contributed by atoms with Crippen molar-refractivity contribution in [3.63, 3.8) is 0 Å². The number of fused-ring (bicyclic) bond motifs is 2. The number of carbonyl (C=O) groups is 1. The zero-order valence-corrected chi connectivity index (χ0v) is 19.4. The van der Waals surface area contributed by atoms with E-state index in [1.54, 1.807) is 33.1 Å². The predicted molar refractivity (Wildman–Crippen MR) is 129 cm³/mol. The first-order valence-corrected chi connectivity index (χ1v) is 12.5. The van der Waals surface area contributed by atoms with Crippen molar-refractivity contribution in [3.8, 4) is 5.69 Å². The second kappa shape index (κ2) is 8.65. The summed E-state index contributed by atoms with van der Waals surface area (Å²) in [6.07, 6.45) is 3.69. The van der Waals surface area contributed by atoms with Crippen LogP contribution in [0.25, 0.3) is 16.7 Å². The van der Waals surface area contributed by atoms with Crippen molar-refractivity contribution < 1.29 is 4.79 Å². The maximum Gasteiger partial charge on any atom is 0.265 e. The molecular weight excluding hydrogens is 466 g/mol. The van der Waals surface area contributed by atoms with Crippen LogP contribution in [-0.4, -0.2) is 37.2 Å². The fourth-order valence-electron chi connectivity index (χ4n) is 3.72. The van der Waals surface area contributed by atoms with Gasteiger partial charge >= 0.3 is 0 Å². The highest BCUT2D eigenvalue weighted by Crippen LogP contribution is 2.34.